The zero-order valence-electron chi connectivity index (χ0n) is 23.2. The number of alkyl halides is 1. The molecule has 216 valence electrons. The molecule has 40 heavy (non-hydrogen) atoms. The Morgan fingerprint density at radius 2 is 1.93 bits per heavy atom. The molecule has 0 radical (unpaired) electrons. The fourth-order valence-corrected chi connectivity index (χ4v) is 4.92. The molecule has 1 aliphatic rings. The van der Waals surface area contributed by atoms with Crippen molar-refractivity contribution in [1.29, 1.82) is 0 Å². The SMILES string of the molecule is CC(C)(C)[C@H](c1nc(-c2cccc(F)c2)cn1Cc1cccc(F)c1)N(CC[C@H](N)CF)C(=O)O[C@H]1CCCO1. The Labute approximate surface area is 233 Å². The van der Waals surface area contributed by atoms with Crippen molar-refractivity contribution in [3.8, 4) is 11.3 Å². The zero-order chi connectivity index (χ0) is 28.9. The molecule has 3 aromatic rings. The van der Waals surface area contributed by atoms with Gasteiger partial charge in [0, 0.05) is 37.3 Å². The van der Waals surface area contributed by atoms with Crippen LogP contribution in [-0.4, -0.2) is 52.7 Å². The van der Waals surface area contributed by atoms with Crippen LogP contribution in [-0.2, 0) is 16.0 Å². The highest BCUT2D eigenvalue weighted by Gasteiger charge is 2.40. The summed E-state index contributed by atoms with van der Waals surface area (Å²) in [4.78, 5) is 20.1. The van der Waals surface area contributed by atoms with E-state index in [4.69, 9.17) is 20.2 Å². The molecule has 1 aliphatic heterocycles. The lowest BCUT2D eigenvalue weighted by atomic mass is 9.84. The summed E-state index contributed by atoms with van der Waals surface area (Å²) in [6.07, 6.45) is 2.05. The van der Waals surface area contributed by atoms with Crippen molar-refractivity contribution >= 4 is 6.09 Å². The lowest BCUT2D eigenvalue weighted by Crippen LogP contribution is -2.45. The molecule has 3 atom stereocenters. The van der Waals surface area contributed by atoms with E-state index in [0.717, 1.165) is 6.42 Å². The topological polar surface area (TPSA) is 82.6 Å². The Hall–Kier alpha value is -3.37. The van der Waals surface area contributed by atoms with Gasteiger partial charge in [0.25, 0.3) is 0 Å². The highest BCUT2D eigenvalue weighted by molar-refractivity contribution is 5.69. The standard InChI is InChI=1S/C30H37F3N4O3/c1-30(2,3)27(37(13-12-24(34)17-31)29(38)40-26-11-6-14-39-26)28-35-25(21-8-5-10-23(33)16-21)19-36(28)18-20-7-4-9-22(32)15-20/h4-5,7-10,15-16,19,24,26-27H,6,11-14,17-18,34H2,1-3H3/t24-,26-,27-/m0/s1. The summed E-state index contributed by atoms with van der Waals surface area (Å²) in [6, 6.07) is 10.9. The minimum Gasteiger partial charge on any atom is -0.419 e. The van der Waals surface area contributed by atoms with Crippen molar-refractivity contribution < 1.29 is 27.4 Å². The Morgan fingerprint density at radius 1 is 1.20 bits per heavy atom. The number of hydrogen-bond donors (Lipinski definition) is 1. The van der Waals surface area contributed by atoms with Crippen LogP contribution in [0.25, 0.3) is 11.3 Å². The number of benzene rings is 2. The second kappa shape index (κ2) is 12.9. The summed E-state index contributed by atoms with van der Waals surface area (Å²) < 4.78 is 54.6. The Bertz CT molecular complexity index is 1290. The number of nitrogens with two attached hydrogens (primary N) is 1. The predicted octanol–water partition coefficient (Wildman–Crippen LogP) is 6.23. The molecule has 0 aliphatic carbocycles. The molecule has 7 nitrogen and oxygen atoms in total. The monoisotopic (exact) mass is 558 g/mol. The van der Waals surface area contributed by atoms with Gasteiger partial charge in [-0.15, -0.1) is 0 Å². The summed E-state index contributed by atoms with van der Waals surface area (Å²) in [5.74, 6) is -0.291. The molecule has 1 fully saturated rings. The van der Waals surface area contributed by atoms with E-state index in [9.17, 15) is 18.0 Å². The van der Waals surface area contributed by atoms with Gasteiger partial charge in [-0.1, -0.05) is 45.0 Å². The summed E-state index contributed by atoms with van der Waals surface area (Å²) in [7, 11) is 0. The Kier molecular flexibility index (Phi) is 9.52. The summed E-state index contributed by atoms with van der Waals surface area (Å²) >= 11 is 0. The predicted molar refractivity (Wildman–Crippen MR) is 146 cm³/mol. The highest BCUT2D eigenvalue weighted by Crippen LogP contribution is 2.40. The number of imidazole rings is 1. The Morgan fingerprint density at radius 3 is 2.55 bits per heavy atom. The molecule has 0 spiro atoms. The van der Waals surface area contributed by atoms with Gasteiger partial charge in [0.1, 0.15) is 24.1 Å². The molecule has 0 saturated carbocycles. The van der Waals surface area contributed by atoms with Crippen molar-refractivity contribution in [2.45, 2.75) is 65.0 Å². The van der Waals surface area contributed by atoms with E-state index >= 15 is 0 Å². The van der Waals surface area contributed by atoms with E-state index in [-0.39, 0.29) is 25.3 Å². The van der Waals surface area contributed by atoms with Crippen molar-refractivity contribution in [2.24, 2.45) is 11.1 Å². The van der Waals surface area contributed by atoms with Crippen molar-refractivity contribution in [3.05, 3.63) is 77.8 Å². The zero-order valence-corrected chi connectivity index (χ0v) is 23.2. The van der Waals surface area contributed by atoms with Crippen LogP contribution in [0.1, 0.15) is 57.5 Å². The van der Waals surface area contributed by atoms with Gasteiger partial charge >= 0.3 is 6.09 Å². The first kappa shape index (κ1) is 29.6. The van der Waals surface area contributed by atoms with Crippen LogP contribution in [0.4, 0.5) is 18.0 Å². The van der Waals surface area contributed by atoms with Crippen LogP contribution >= 0.6 is 0 Å². The lowest BCUT2D eigenvalue weighted by molar-refractivity contribution is -0.0854. The van der Waals surface area contributed by atoms with Gasteiger partial charge in [0.05, 0.1) is 18.3 Å². The van der Waals surface area contributed by atoms with Crippen LogP contribution in [0.15, 0.2) is 54.7 Å². The summed E-state index contributed by atoms with van der Waals surface area (Å²) in [5, 5.41) is 0. The lowest BCUT2D eigenvalue weighted by Gasteiger charge is -2.40. The molecule has 0 unspecified atom stereocenters. The molecule has 1 amide bonds. The minimum absolute atomic E-state index is 0.112. The largest absolute Gasteiger partial charge is 0.419 e. The third-order valence-electron chi connectivity index (χ3n) is 6.84. The van der Waals surface area contributed by atoms with Crippen LogP contribution in [0.3, 0.4) is 0 Å². The van der Waals surface area contributed by atoms with Crippen LogP contribution < -0.4 is 5.73 Å². The van der Waals surface area contributed by atoms with Crippen molar-refractivity contribution in [1.82, 2.24) is 14.5 Å². The number of nitrogens with zero attached hydrogens (tertiary/aromatic N) is 3. The van der Waals surface area contributed by atoms with Gasteiger partial charge in [-0.05, 0) is 48.1 Å². The van der Waals surface area contributed by atoms with E-state index in [2.05, 4.69) is 0 Å². The molecule has 0 bridgehead atoms. The Balaban J connectivity index is 1.81. The fraction of sp³-hybridized carbons (Fsp3) is 0.467. The number of carbonyl (C=O) groups is 1. The van der Waals surface area contributed by atoms with Crippen molar-refractivity contribution in [2.75, 3.05) is 19.8 Å². The third kappa shape index (κ3) is 7.42. The maximum absolute atomic E-state index is 14.1. The van der Waals surface area contributed by atoms with Crippen LogP contribution in [0.5, 0.6) is 0 Å². The number of carbonyl (C=O) groups excluding carboxylic acids is 1. The van der Waals surface area contributed by atoms with Gasteiger partial charge in [0.15, 0.2) is 0 Å². The number of halogens is 3. The number of rotatable bonds is 10. The first-order valence-corrected chi connectivity index (χ1v) is 13.5. The fourth-order valence-electron chi connectivity index (χ4n) is 4.92. The van der Waals surface area contributed by atoms with Crippen molar-refractivity contribution in [3.63, 3.8) is 0 Å². The van der Waals surface area contributed by atoms with Gasteiger partial charge in [-0.25, -0.2) is 22.9 Å². The maximum Gasteiger partial charge on any atom is 0.412 e. The molecule has 4 rings (SSSR count). The van der Waals surface area contributed by atoms with Crippen LogP contribution in [0, 0.1) is 17.0 Å². The quantitative estimate of drug-likeness (QED) is 0.319. The van der Waals surface area contributed by atoms with E-state index < -0.39 is 42.4 Å². The second-order valence-corrected chi connectivity index (χ2v) is 11.2. The number of hydrogen-bond acceptors (Lipinski definition) is 5. The molecule has 10 heteroatoms. The second-order valence-electron chi connectivity index (χ2n) is 11.2. The molecule has 2 heterocycles. The maximum atomic E-state index is 14.1. The van der Waals surface area contributed by atoms with Gasteiger partial charge in [0.2, 0.25) is 6.29 Å². The average Bonchev–Trinajstić information content (AvgIpc) is 3.55. The molecule has 2 N–H and O–H groups in total. The highest BCUT2D eigenvalue weighted by atomic mass is 19.1. The molecule has 2 aromatic carbocycles. The van der Waals surface area contributed by atoms with Gasteiger partial charge < -0.3 is 19.8 Å². The normalized spacial score (nSPS) is 17.0. The number of amides is 1. The van der Waals surface area contributed by atoms with E-state index in [1.54, 1.807) is 30.5 Å². The first-order valence-electron chi connectivity index (χ1n) is 13.5. The van der Waals surface area contributed by atoms with E-state index in [1.165, 1.54) is 29.2 Å². The number of aromatic nitrogens is 2. The van der Waals surface area contributed by atoms with Gasteiger partial charge in [-0.3, -0.25) is 4.90 Å². The molecular weight excluding hydrogens is 521 g/mol. The van der Waals surface area contributed by atoms with Crippen LogP contribution in [0.2, 0.25) is 0 Å². The first-order chi connectivity index (χ1) is 19.0. The van der Waals surface area contributed by atoms with E-state index in [0.29, 0.717) is 35.7 Å². The summed E-state index contributed by atoms with van der Waals surface area (Å²) in [5.41, 5.74) is 7.05. The molecule has 1 saturated heterocycles. The third-order valence-corrected chi connectivity index (χ3v) is 6.84. The molecule has 1 aromatic heterocycles. The minimum atomic E-state index is -0.756. The average molecular weight is 559 g/mol. The van der Waals surface area contributed by atoms with E-state index in [1.807, 2.05) is 25.3 Å². The molecular formula is C30H37F3N4O3. The summed E-state index contributed by atoms with van der Waals surface area (Å²) in [6.45, 7) is 6.02. The smallest absolute Gasteiger partial charge is 0.412 e. The number of ether oxygens (including phenoxy) is 2. The van der Waals surface area contributed by atoms with Gasteiger partial charge in [-0.2, -0.15) is 0 Å².